The van der Waals surface area contributed by atoms with E-state index in [1.807, 2.05) is 30.9 Å². The molecule has 3 heterocycles. The van der Waals surface area contributed by atoms with Crippen LogP contribution in [0.5, 0.6) is 5.75 Å². The van der Waals surface area contributed by atoms with E-state index >= 15 is 0 Å². The third-order valence-electron chi connectivity index (χ3n) is 8.77. The summed E-state index contributed by atoms with van der Waals surface area (Å²) in [6, 6.07) is 11.3. The number of hydrogen-bond donors (Lipinski definition) is 2. The lowest BCUT2D eigenvalue weighted by atomic mass is 10.0. The maximum Gasteiger partial charge on any atom is 0.254 e. The van der Waals surface area contributed by atoms with Crippen LogP contribution in [0.2, 0.25) is 5.02 Å². The second kappa shape index (κ2) is 13.1. The topological polar surface area (TPSA) is 117 Å². The Hall–Kier alpha value is -3.41. The molecule has 3 atom stereocenters. The first kappa shape index (κ1) is 33.0. The molecule has 1 aromatic heterocycles. The van der Waals surface area contributed by atoms with Gasteiger partial charge in [0.25, 0.3) is 5.91 Å². The van der Waals surface area contributed by atoms with E-state index in [4.69, 9.17) is 16.3 Å². The van der Waals surface area contributed by atoms with Crippen LogP contribution in [-0.2, 0) is 16.4 Å². The van der Waals surface area contributed by atoms with Crippen molar-refractivity contribution >= 4 is 50.5 Å². The van der Waals surface area contributed by atoms with E-state index in [-0.39, 0.29) is 45.8 Å². The zero-order valence-corrected chi connectivity index (χ0v) is 28.5. The van der Waals surface area contributed by atoms with Crippen molar-refractivity contribution in [2.45, 2.75) is 102 Å². The van der Waals surface area contributed by atoms with E-state index in [1.165, 1.54) is 6.20 Å². The number of benzene rings is 2. The van der Waals surface area contributed by atoms with E-state index in [0.29, 0.717) is 35.3 Å². The lowest BCUT2D eigenvalue weighted by Crippen LogP contribution is -2.43. The number of hydrogen-bond acceptors (Lipinski definition) is 9. The number of aromatic nitrogens is 2. The molecule has 1 saturated heterocycles. The number of halogens is 1. The molecule has 5 rings (SSSR count). The summed E-state index contributed by atoms with van der Waals surface area (Å²) in [7, 11) is -1.41. The standard InChI is InChI=1S/C33H43ClN6O4S/c1-8-11-23-15-28(21(6)39(23)7)40-18-22-14-29(44-19(2)3)27(16-24(22)32(40)41)37-33-35-17-25(34)31(38-33)36-26-12-9-10-13-30(26)45(42,43)20(4)5/h9-10,12-14,16-17,19-21,23,28H,8,11,15,18H2,1-7H3,(H2,35,36,37,38). The van der Waals surface area contributed by atoms with Gasteiger partial charge in [-0.1, -0.05) is 37.1 Å². The number of anilines is 4. The van der Waals surface area contributed by atoms with Gasteiger partial charge in [-0.2, -0.15) is 4.98 Å². The predicted octanol–water partition coefficient (Wildman–Crippen LogP) is 6.80. The third-order valence-corrected chi connectivity index (χ3v) is 11.3. The van der Waals surface area contributed by atoms with Crippen molar-refractivity contribution < 1.29 is 17.9 Å². The van der Waals surface area contributed by atoms with Crippen molar-refractivity contribution in [3.8, 4) is 5.75 Å². The number of amides is 1. The molecule has 2 aromatic carbocycles. The normalized spacial score (nSPS) is 20.3. The Morgan fingerprint density at radius 2 is 1.84 bits per heavy atom. The maximum absolute atomic E-state index is 13.8. The fourth-order valence-corrected chi connectivity index (χ4v) is 7.54. The highest BCUT2D eigenvalue weighted by atomic mass is 35.5. The number of sulfone groups is 1. The van der Waals surface area contributed by atoms with Gasteiger partial charge >= 0.3 is 0 Å². The Labute approximate surface area is 271 Å². The third kappa shape index (κ3) is 6.62. The lowest BCUT2D eigenvalue weighted by Gasteiger charge is -2.29. The van der Waals surface area contributed by atoms with Crippen molar-refractivity contribution in [2.24, 2.45) is 0 Å². The van der Waals surface area contributed by atoms with Crippen LogP contribution in [0, 0.1) is 0 Å². The van der Waals surface area contributed by atoms with Gasteiger partial charge in [-0.25, -0.2) is 13.4 Å². The van der Waals surface area contributed by atoms with E-state index < -0.39 is 15.1 Å². The number of likely N-dealkylation sites (tertiary alicyclic amines) is 1. The number of likely N-dealkylation sites (N-methyl/N-ethyl adjacent to an activating group) is 1. The second-order valence-corrected chi connectivity index (χ2v) is 15.4. The molecular formula is C33H43ClN6O4S. The molecule has 2 aliphatic heterocycles. The number of ether oxygens (including phenoxy) is 1. The SMILES string of the molecule is CCCC1CC(N2Cc3cc(OC(C)C)c(Nc4ncc(Cl)c(Nc5ccccc5S(=O)(=O)C(C)C)n4)cc3C2=O)C(C)N1C. The van der Waals surface area contributed by atoms with Crippen LogP contribution in [0.25, 0.3) is 0 Å². The summed E-state index contributed by atoms with van der Waals surface area (Å²) in [6.45, 7) is 12.1. The maximum atomic E-state index is 13.8. The minimum atomic E-state index is -3.57. The first-order valence-electron chi connectivity index (χ1n) is 15.6. The van der Waals surface area contributed by atoms with Crippen molar-refractivity contribution in [1.82, 2.24) is 19.8 Å². The number of nitrogens with zero attached hydrogens (tertiary/aromatic N) is 4. The van der Waals surface area contributed by atoms with Gasteiger partial charge in [0.2, 0.25) is 5.95 Å². The Morgan fingerprint density at radius 1 is 1.11 bits per heavy atom. The van der Waals surface area contributed by atoms with Gasteiger partial charge in [-0.15, -0.1) is 0 Å². The molecule has 242 valence electrons. The molecule has 0 aliphatic carbocycles. The average molecular weight is 655 g/mol. The molecule has 3 unspecified atom stereocenters. The highest BCUT2D eigenvalue weighted by Crippen LogP contribution is 2.40. The number of para-hydroxylation sites is 1. The van der Waals surface area contributed by atoms with Gasteiger partial charge in [0, 0.05) is 30.2 Å². The molecule has 0 spiro atoms. The highest BCUT2D eigenvalue weighted by molar-refractivity contribution is 7.92. The number of carbonyl (C=O) groups is 1. The summed E-state index contributed by atoms with van der Waals surface area (Å²) in [4.78, 5) is 27.3. The first-order valence-corrected chi connectivity index (χ1v) is 17.5. The minimum Gasteiger partial charge on any atom is -0.489 e. The van der Waals surface area contributed by atoms with Crippen LogP contribution in [0.1, 0.15) is 76.7 Å². The van der Waals surface area contributed by atoms with Gasteiger partial charge in [0.1, 0.15) is 10.8 Å². The number of carbonyl (C=O) groups excluding carboxylic acids is 1. The molecule has 1 fully saturated rings. The van der Waals surface area contributed by atoms with E-state index in [1.54, 1.807) is 38.1 Å². The van der Waals surface area contributed by atoms with Crippen LogP contribution in [-0.4, -0.2) is 70.6 Å². The van der Waals surface area contributed by atoms with Crippen LogP contribution in [0.4, 0.5) is 23.1 Å². The molecule has 2 aliphatic rings. The minimum absolute atomic E-state index is 0.00824. The van der Waals surface area contributed by atoms with E-state index in [0.717, 1.165) is 24.8 Å². The van der Waals surface area contributed by atoms with Crippen molar-refractivity contribution in [2.75, 3.05) is 17.7 Å². The van der Waals surface area contributed by atoms with E-state index in [2.05, 4.69) is 46.4 Å². The van der Waals surface area contributed by atoms with Crippen molar-refractivity contribution in [3.05, 3.63) is 58.7 Å². The largest absolute Gasteiger partial charge is 0.489 e. The van der Waals surface area contributed by atoms with Gasteiger partial charge < -0.3 is 20.3 Å². The highest BCUT2D eigenvalue weighted by Gasteiger charge is 2.43. The predicted molar refractivity (Wildman–Crippen MR) is 179 cm³/mol. The monoisotopic (exact) mass is 654 g/mol. The molecule has 3 aromatic rings. The second-order valence-electron chi connectivity index (χ2n) is 12.5. The average Bonchev–Trinajstić information content (AvgIpc) is 3.45. The molecule has 0 saturated carbocycles. The molecule has 2 N–H and O–H groups in total. The first-order chi connectivity index (χ1) is 21.3. The quantitative estimate of drug-likeness (QED) is 0.230. The van der Waals surface area contributed by atoms with Gasteiger partial charge in [0.05, 0.1) is 33.8 Å². The summed E-state index contributed by atoms with van der Waals surface area (Å²) in [6.07, 6.45) is 4.51. The van der Waals surface area contributed by atoms with Gasteiger partial charge in [-0.3, -0.25) is 9.69 Å². The molecule has 10 nitrogen and oxygen atoms in total. The molecular weight excluding hydrogens is 612 g/mol. The Kier molecular flexibility index (Phi) is 9.62. The Balaban J connectivity index is 1.44. The molecule has 0 radical (unpaired) electrons. The number of fused-ring (bicyclic) bond motifs is 1. The van der Waals surface area contributed by atoms with Crippen LogP contribution >= 0.6 is 11.6 Å². The van der Waals surface area contributed by atoms with Crippen molar-refractivity contribution in [1.29, 1.82) is 0 Å². The summed E-state index contributed by atoms with van der Waals surface area (Å²) in [5.74, 6) is 1.03. The van der Waals surface area contributed by atoms with Crippen LogP contribution < -0.4 is 15.4 Å². The van der Waals surface area contributed by atoms with Gasteiger partial charge in [-0.05, 0) is 84.3 Å². The molecule has 12 heteroatoms. The van der Waals surface area contributed by atoms with Crippen molar-refractivity contribution in [3.63, 3.8) is 0 Å². The smallest absolute Gasteiger partial charge is 0.254 e. The molecule has 0 bridgehead atoms. The Morgan fingerprint density at radius 3 is 2.53 bits per heavy atom. The Bertz CT molecular complexity index is 1680. The molecule has 45 heavy (non-hydrogen) atoms. The summed E-state index contributed by atoms with van der Waals surface area (Å²) in [5.41, 5.74) is 2.46. The zero-order chi connectivity index (χ0) is 32.6. The van der Waals surface area contributed by atoms with E-state index in [9.17, 15) is 13.2 Å². The van der Waals surface area contributed by atoms with Crippen LogP contribution in [0.15, 0.2) is 47.5 Å². The van der Waals surface area contributed by atoms with Crippen LogP contribution in [0.3, 0.4) is 0 Å². The zero-order valence-electron chi connectivity index (χ0n) is 27.0. The van der Waals surface area contributed by atoms with Gasteiger partial charge in [0.15, 0.2) is 15.7 Å². The lowest BCUT2D eigenvalue weighted by molar-refractivity contribution is 0.0671. The number of rotatable bonds is 11. The molecule has 1 amide bonds. The summed E-state index contributed by atoms with van der Waals surface area (Å²) >= 11 is 6.46. The fraction of sp³-hybridized carbons (Fsp3) is 0.485. The summed E-state index contributed by atoms with van der Waals surface area (Å²) in [5, 5.41) is 5.92. The summed E-state index contributed by atoms with van der Waals surface area (Å²) < 4.78 is 32.2. The number of nitrogens with one attached hydrogen (secondary N) is 2. The fourth-order valence-electron chi connectivity index (χ4n) is 6.20.